The summed E-state index contributed by atoms with van der Waals surface area (Å²) in [4.78, 5) is 11.1. The average molecular weight is 229 g/mol. The van der Waals surface area contributed by atoms with Crippen LogP contribution in [0.3, 0.4) is 0 Å². The highest BCUT2D eigenvalue weighted by molar-refractivity contribution is 5.90. The number of nitriles is 1. The van der Waals surface area contributed by atoms with Crippen LogP contribution in [0.15, 0.2) is 6.07 Å². The minimum absolute atomic E-state index is 0.252. The van der Waals surface area contributed by atoms with Crippen LogP contribution in [0.4, 0.5) is 0 Å². The summed E-state index contributed by atoms with van der Waals surface area (Å²) in [7, 11) is 0. The molecule has 0 bridgehead atoms. The highest BCUT2D eigenvalue weighted by Crippen LogP contribution is 2.40. The van der Waals surface area contributed by atoms with Gasteiger partial charge in [0.15, 0.2) is 0 Å². The molecule has 2 rings (SSSR count). The smallest absolute Gasteiger partial charge is 0.336 e. The molecule has 0 aromatic heterocycles. The number of aromatic carboxylic acids is 1. The molecule has 0 atom stereocenters. The third-order valence-corrected chi connectivity index (χ3v) is 3.81. The molecule has 0 spiro atoms. The van der Waals surface area contributed by atoms with Gasteiger partial charge < -0.3 is 5.11 Å². The van der Waals surface area contributed by atoms with E-state index in [2.05, 4.69) is 6.07 Å². The average Bonchev–Trinajstić information content (AvgIpc) is 2.22. The van der Waals surface area contributed by atoms with Gasteiger partial charge in [-0.2, -0.15) is 5.26 Å². The number of nitrogens with zero attached hydrogens (tertiary/aromatic N) is 1. The molecule has 0 heterocycles. The molecule has 1 saturated carbocycles. The Labute approximate surface area is 101 Å². The second kappa shape index (κ2) is 4.21. The summed E-state index contributed by atoms with van der Waals surface area (Å²) >= 11 is 0. The van der Waals surface area contributed by atoms with Gasteiger partial charge in [-0.05, 0) is 55.4 Å². The molecule has 1 N–H and O–H groups in total. The van der Waals surface area contributed by atoms with Crippen LogP contribution in [0.25, 0.3) is 0 Å². The standard InChI is InChI=1S/C14H15NO2/c1-8-9(2)13(10-4-3-5-10)11(7-15)6-12(8)14(16)17/h6,10H,3-5H2,1-2H3,(H,16,17). The molecule has 1 aliphatic rings. The molecule has 17 heavy (non-hydrogen) atoms. The summed E-state index contributed by atoms with van der Waals surface area (Å²) in [5.41, 5.74) is 3.63. The van der Waals surface area contributed by atoms with Crippen molar-refractivity contribution in [3.63, 3.8) is 0 Å². The Morgan fingerprint density at radius 3 is 2.47 bits per heavy atom. The monoisotopic (exact) mass is 229 g/mol. The fraction of sp³-hybridized carbons (Fsp3) is 0.429. The van der Waals surface area contributed by atoms with Gasteiger partial charge in [-0.3, -0.25) is 0 Å². The van der Waals surface area contributed by atoms with Crippen molar-refractivity contribution >= 4 is 5.97 Å². The molecule has 1 aromatic rings. The van der Waals surface area contributed by atoms with Crippen molar-refractivity contribution in [2.24, 2.45) is 0 Å². The Bertz CT molecular complexity index is 522. The number of hydrogen-bond donors (Lipinski definition) is 1. The SMILES string of the molecule is Cc1c(C(=O)O)cc(C#N)c(C2CCC2)c1C. The molecule has 0 saturated heterocycles. The Balaban J connectivity index is 2.64. The molecule has 1 aromatic carbocycles. The second-order valence-electron chi connectivity index (χ2n) is 4.68. The first-order valence-corrected chi connectivity index (χ1v) is 5.83. The van der Waals surface area contributed by atoms with Gasteiger partial charge >= 0.3 is 5.97 Å². The largest absolute Gasteiger partial charge is 0.478 e. The van der Waals surface area contributed by atoms with E-state index in [0.29, 0.717) is 11.5 Å². The van der Waals surface area contributed by atoms with E-state index in [9.17, 15) is 4.79 Å². The summed E-state index contributed by atoms with van der Waals surface area (Å²) < 4.78 is 0. The van der Waals surface area contributed by atoms with Crippen molar-refractivity contribution in [3.8, 4) is 6.07 Å². The van der Waals surface area contributed by atoms with E-state index in [1.165, 1.54) is 12.5 Å². The number of carboxylic acid groups (broad SMARTS) is 1. The van der Waals surface area contributed by atoms with Crippen molar-refractivity contribution in [1.82, 2.24) is 0 Å². The van der Waals surface area contributed by atoms with Crippen LogP contribution in [-0.2, 0) is 0 Å². The Kier molecular flexibility index (Phi) is 2.89. The van der Waals surface area contributed by atoms with Gasteiger partial charge in [0.1, 0.15) is 0 Å². The lowest BCUT2D eigenvalue weighted by Gasteiger charge is -2.29. The number of hydrogen-bond acceptors (Lipinski definition) is 2. The van der Waals surface area contributed by atoms with Gasteiger partial charge in [0.05, 0.1) is 17.2 Å². The maximum Gasteiger partial charge on any atom is 0.336 e. The van der Waals surface area contributed by atoms with Gasteiger partial charge in [0.25, 0.3) is 0 Å². The molecule has 0 aliphatic heterocycles. The Hall–Kier alpha value is -1.82. The van der Waals surface area contributed by atoms with E-state index >= 15 is 0 Å². The van der Waals surface area contributed by atoms with Crippen LogP contribution in [0, 0.1) is 25.2 Å². The van der Waals surface area contributed by atoms with Crippen LogP contribution in [0.2, 0.25) is 0 Å². The zero-order valence-corrected chi connectivity index (χ0v) is 10.1. The van der Waals surface area contributed by atoms with Crippen molar-refractivity contribution in [2.75, 3.05) is 0 Å². The van der Waals surface area contributed by atoms with Crippen LogP contribution in [0.1, 0.15) is 57.8 Å². The molecule has 3 nitrogen and oxygen atoms in total. The lowest BCUT2D eigenvalue weighted by atomic mass is 9.75. The predicted molar refractivity (Wildman–Crippen MR) is 64.2 cm³/mol. The zero-order chi connectivity index (χ0) is 12.6. The van der Waals surface area contributed by atoms with Crippen molar-refractivity contribution in [2.45, 2.75) is 39.0 Å². The maximum absolute atomic E-state index is 11.1. The van der Waals surface area contributed by atoms with Crippen LogP contribution in [-0.4, -0.2) is 11.1 Å². The van der Waals surface area contributed by atoms with Crippen LogP contribution < -0.4 is 0 Å². The molecule has 0 amide bonds. The van der Waals surface area contributed by atoms with E-state index in [-0.39, 0.29) is 5.56 Å². The first-order valence-electron chi connectivity index (χ1n) is 5.83. The third-order valence-electron chi connectivity index (χ3n) is 3.81. The molecule has 88 valence electrons. The Morgan fingerprint density at radius 1 is 1.41 bits per heavy atom. The maximum atomic E-state index is 11.1. The molecular formula is C14H15NO2. The molecule has 0 radical (unpaired) electrons. The van der Waals surface area contributed by atoms with Crippen molar-refractivity contribution in [3.05, 3.63) is 33.9 Å². The molecule has 1 aliphatic carbocycles. The molecule has 1 fully saturated rings. The van der Waals surface area contributed by atoms with Crippen molar-refractivity contribution < 1.29 is 9.90 Å². The number of benzene rings is 1. The number of rotatable bonds is 2. The third kappa shape index (κ3) is 1.80. The molecular weight excluding hydrogens is 214 g/mol. The van der Waals surface area contributed by atoms with E-state index in [1.54, 1.807) is 0 Å². The lowest BCUT2D eigenvalue weighted by molar-refractivity contribution is 0.0696. The van der Waals surface area contributed by atoms with Crippen LogP contribution in [0.5, 0.6) is 0 Å². The summed E-state index contributed by atoms with van der Waals surface area (Å²) in [5.74, 6) is -0.506. The van der Waals surface area contributed by atoms with E-state index < -0.39 is 5.97 Å². The minimum Gasteiger partial charge on any atom is -0.478 e. The van der Waals surface area contributed by atoms with Crippen LogP contribution >= 0.6 is 0 Å². The summed E-state index contributed by atoms with van der Waals surface area (Å²) in [6, 6.07) is 3.67. The highest BCUT2D eigenvalue weighted by atomic mass is 16.4. The minimum atomic E-state index is -0.956. The Morgan fingerprint density at radius 2 is 2.06 bits per heavy atom. The van der Waals surface area contributed by atoms with E-state index in [1.807, 2.05) is 13.8 Å². The number of carbonyl (C=O) groups is 1. The first kappa shape index (κ1) is 11.7. The van der Waals surface area contributed by atoms with E-state index in [0.717, 1.165) is 29.5 Å². The zero-order valence-electron chi connectivity index (χ0n) is 10.1. The van der Waals surface area contributed by atoms with Gasteiger partial charge in [-0.1, -0.05) is 6.42 Å². The molecule has 3 heteroatoms. The lowest BCUT2D eigenvalue weighted by Crippen LogP contribution is -2.15. The fourth-order valence-corrected chi connectivity index (χ4v) is 2.47. The van der Waals surface area contributed by atoms with Gasteiger partial charge in [-0.15, -0.1) is 0 Å². The summed E-state index contributed by atoms with van der Waals surface area (Å²) in [6.45, 7) is 3.75. The second-order valence-corrected chi connectivity index (χ2v) is 4.68. The van der Waals surface area contributed by atoms with Crippen molar-refractivity contribution in [1.29, 1.82) is 5.26 Å². The van der Waals surface area contributed by atoms with Gasteiger partial charge in [0, 0.05) is 0 Å². The predicted octanol–water partition coefficient (Wildman–Crippen LogP) is 3.14. The van der Waals surface area contributed by atoms with Gasteiger partial charge in [0.2, 0.25) is 0 Å². The summed E-state index contributed by atoms with van der Waals surface area (Å²) in [5, 5.41) is 18.3. The summed E-state index contributed by atoms with van der Waals surface area (Å²) in [6.07, 6.45) is 3.43. The number of carboxylic acids is 1. The first-order chi connectivity index (χ1) is 8.06. The fourth-order valence-electron chi connectivity index (χ4n) is 2.47. The molecule has 0 unspecified atom stereocenters. The quantitative estimate of drug-likeness (QED) is 0.847. The van der Waals surface area contributed by atoms with Gasteiger partial charge in [-0.25, -0.2) is 4.79 Å². The highest BCUT2D eigenvalue weighted by Gasteiger charge is 2.26. The van der Waals surface area contributed by atoms with E-state index in [4.69, 9.17) is 10.4 Å². The topological polar surface area (TPSA) is 61.1 Å². The normalized spacial score (nSPS) is 15.1.